The highest BCUT2D eigenvalue weighted by atomic mass is 19.2. The van der Waals surface area contributed by atoms with E-state index in [0.717, 1.165) is 6.07 Å². The van der Waals surface area contributed by atoms with Crippen molar-refractivity contribution < 1.29 is 18.4 Å². The molecule has 0 saturated carbocycles. The molecule has 126 valence electrons. The second-order valence-corrected chi connectivity index (χ2v) is 5.92. The van der Waals surface area contributed by atoms with E-state index in [1.807, 2.05) is 13.8 Å². The van der Waals surface area contributed by atoms with Crippen molar-refractivity contribution in [2.24, 2.45) is 0 Å². The van der Waals surface area contributed by atoms with Crippen LogP contribution in [0.3, 0.4) is 0 Å². The molecule has 23 heavy (non-hydrogen) atoms. The van der Waals surface area contributed by atoms with Crippen LogP contribution in [0, 0.1) is 11.6 Å². The van der Waals surface area contributed by atoms with E-state index in [0.29, 0.717) is 13.1 Å². The van der Waals surface area contributed by atoms with Crippen molar-refractivity contribution in [2.75, 3.05) is 13.1 Å². The molecular formula is C16H21F2N3O2. The first-order chi connectivity index (χ1) is 10.9. The second-order valence-electron chi connectivity index (χ2n) is 5.92. The molecule has 0 bridgehead atoms. The van der Waals surface area contributed by atoms with Crippen LogP contribution >= 0.6 is 0 Å². The number of rotatable bonds is 5. The van der Waals surface area contributed by atoms with Gasteiger partial charge in [-0.1, -0.05) is 12.1 Å². The second kappa shape index (κ2) is 7.50. The highest BCUT2D eigenvalue weighted by Crippen LogP contribution is 2.18. The van der Waals surface area contributed by atoms with Crippen molar-refractivity contribution in [3.05, 3.63) is 35.4 Å². The lowest BCUT2D eigenvalue weighted by molar-refractivity contribution is -0.134. The van der Waals surface area contributed by atoms with Gasteiger partial charge in [0.15, 0.2) is 11.6 Å². The fourth-order valence-electron chi connectivity index (χ4n) is 2.62. The maximum Gasteiger partial charge on any atom is 0.237 e. The minimum absolute atomic E-state index is 0.0129. The van der Waals surface area contributed by atoms with Gasteiger partial charge in [0.25, 0.3) is 0 Å². The standard InChI is InChI=1S/C16H21F2N3O2/c1-10(2)20-14(22)8-13-16(23)19-6-7-21(13)9-11-4-3-5-12(17)15(11)18/h3-5,10,13H,6-9H2,1-2H3,(H,19,23)(H,20,22)/t13-/m0/s1. The van der Waals surface area contributed by atoms with Gasteiger partial charge in [-0.05, 0) is 19.9 Å². The molecular weight excluding hydrogens is 304 g/mol. The average molecular weight is 325 g/mol. The first-order valence-corrected chi connectivity index (χ1v) is 7.62. The summed E-state index contributed by atoms with van der Waals surface area (Å²) in [6.45, 7) is 4.63. The molecule has 2 amide bonds. The van der Waals surface area contributed by atoms with E-state index in [2.05, 4.69) is 10.6 Å². The minimum atomic E-state index is -0.918. The summed E-state index contributed by atoms with van der Waals surface area (Å²) < 4.78 is 27.2. The van der Waals surface area contributed by atoms with Gasteiger partial charge in [-0.3, -0.25) is 14.5 Å². The topological polar surface area (TPSA) is 61.4 Å². The third-order valence-corrected chi connectivity index (χ3v) is 3.68. The molecule has 1 aliphatic heterocycles. The molecule has 1 atom stereocenters. The van der Waals surface area contributed by atoms with Gasteiger partial charge in [-0.2, -0.15) is 0 Å². The first-order valence-electron chi connectivity index (χ1n) is 7.62. The van der Waals surface area contributed by atoms with Crippen LogP contribution in [0.2, 0.25) is 0 Å². The van der Waals surface area contributed by atoms with Gasteiger partial charge in [0.05, 0.1) is 12.5 Å². The van der Waals surface area contributed by atoms with Crippen LogP contribution in [0.1, 0.15) is 25.8 Å². The number of nitrogens with one attached hydrogen (secondary N) is 2. The Labute approximate surface area is 134 Å². The van der Waals surface area contributed by atoms with Gasteiger partial charge >= 0.3 is 0 Å². The summed E-state index contributed by atoms with van der Waals surface area (Å²) in [6, 6.07) is 3.25. The van der Waals surface area contributed by atoms with E-state index in [1.165, 1.54) is 12.1 Å². The molecule has 1 heterocycles. The van der Waals surface area contributed by atoms with Crippen molar-refractivity contribution in [1.29, 1.82) is 0 Å². The number of amides is 2. The van der Waals surface area contributed by atoms with Crippen LogP contribution in [-0.4, -0.2) is 41.9 Å². The molecule has 1 aromatic rings. The lowest BCUT2D eigenvalue weighted by Gasteiger charge is -2.34. The quantitative estimate of drug-likeness (QED) is 0.855. The van der Waals surface area contributed by atoms with E-state index < -0.39 is 17.7 Å². The van der Waals surface area contributed by atoms with E-state index in [4.69, 9.17) is 0 Å². The number of halogens is 2. The zero-order chi connectivity index (χ0) is 17.0. The van der Waals surface area contributed by atoms with Gasteiger partial charge in [0.2, 0.25) is 11.8 Å². The highest BCUT2D eigenvalue weighted by Gasteiger charge is 2.32. The van der Waals surface area contributed by atoms with Gasteiger partial charge < -0.3 is 10.6 Å². The maximum atomic E-state index is 13.8. The molecule has 0 aromatic heterocycles. The number of carbonyl (C=O) groups is 2. The van der Waals surface area contributed by atoms with Crippen LogP contribution in [0.15, 0.2) is 18.2 Å². The molecule has 1 fully saturated rings. The van der Waals surface area contributed by atoms with Gasteiger partial charge in [0.1, 0.15) is 0 Å². The van der Waals surface area contributed by atoms with Gasteiger partial charge in [-0.15, -0.1) is 0 Å². The first kappa shape index (κ1) is 17.3. The molecule has 5 nitrogen and oxygen atoms in total. The Morgan fingerprint density at radius 2 is 2.17 bits per heavy atom. The Balaban J connectivity index is 2.12. The summed E-state index contributed by atoms with van der Waals surface area (Å²) >= 11 is 0. The van der Waals surface area contributed by atoms with Crippen LogP contribution < -0.4 is 10.6 Å². The fraction of sp³-hybridized carbons (Fsp3) is 0.500. The molecule has 7 heteroatoms. The summed E-state index contributed by atoms with van der Waals surface area (Å²) in [5.74, 6) is -2.35. The summed E-state index contributed by atoms with van der Waals surface area (Å²) in [7, 11) is 0. The molecule has 1 saturated heterocycles. The van der Waals surface area contributed by atoms with Gasteiger partial charge in [-0.25, -0.2) is 8.78 Å². The molecule has 2 rings (SSSR count). The number of hydrogen-bond acceptors (Lipinski definition) is 3. The molecule has 1 aliphatic rings. The largest absolute Gasteiger partial charge is 0.354 e. The predicted octanol–water partition coefficient (Wildman–Crippen LogP) is 1.18. The molecule has 2 N–H and O–H groups in total. The monoisotopic (exact) mass is 325 g/mol. The normalized spacial score (nSPS) is 18.8. The SMILES string of the molecule is CC(C)NC(=O)C[C@H]1C(=O)NCCN1Cc1cccc(F)c1F. The predicted molar refractivity (Wildman–Crippen MR) is 81.5 cm³/mol. The number of hydrogen-bond donors (Lipinski definition) is 2. The van der Waals surface area contributed by atoms with Crippen molar-refractivity contribution in [2.45, 2.75) is 38.9 Å². The van der Waals surface area contributed by atoms with Crippen molar-refractivity contribution in [3.8, 4) is 0 Å². The van der Waals surface area contributed by atoms with Crippen molar-refractivity contribution in [1.82, 2.24) is 15.5 Å². The van der Waals surface area contributed by atoms with Crippen molar-refractivity contribution in [3.63, 3.8) is 0 Å². The number of benzene rings is 1. The van der Waals surface area contributed by atoms with Crippen molar-refractivity contribution >= 4 is 11.8 Å². The summed E-state index contributed by atoms with van der Waals surface area (Å²) in [4.78, 5) is 25.7. The third-order valence-electron chi connectivity index (χ3n) is 3.68. The lowest BCUT2D eigenvalue weighted by atomic mass is 10.1. The fourth-order valence-corrected chi connectivity index (χ4v) is 2.62. The van der Waals surface area contributed by atoms with E-state index in [9.17, 15) is 18.4 Å². The Morgan fingerprint density at radius 1 is 1.43 bits per heavy atom. The third kappa shape index (κ3) is 4.48. The average Bonchev–Trinajstić information content (AvgIpc) is 2.46. The van der Waals surface area contributed by atoms with Crippen LogP contribution in [0.5, 0.6) is 0 Å². The molecule has 1 aromatic carbocycles. The zero-order valence-electron chi connectivity index (χ0n) is 13.2. The molecule has 0 aliphatic carbocycles. The Kier molecular flexibility index (Phi) is 5.65. The molecule has 0 radical (unpaired) electrons. The van der Waals surface area contributed by atoms with E-state index >= 15 is 0 Å². The van der Waals surface area contributed by atoms with E-state index in [1.54, 1.807) is 4.90 Å². The Morgan fingerprint density at radius 3 is 2.87 bits per heavy atom. The van der Waals surface area contributed by atoms with Gasteiger partial charge in [0, 0.05) is 31.2 Å². The highest BCUT2D eigenvalue weighted by molar-refractivity contribution is 5.88. The zero-order valence-corrected chi connectivity index (χ0v) is 13.2. The number of nitrogens with zero attached hydrogens (tertiary/aromatic N) is 1. The van der Waals surface area contributed by atoms with Crippen LogP contribution in [0.25, 0.3) is 0 Å². The summed E-state index contributed by atoms with van der Waals surface area (Å²) in [5.41, 5.74) is 0.175. The van der Waals surface area contributed by atoms with Crippen LogP contribution in [0.4, 0.5) is 8.78 Å². The smallest absolute Gasteiger partial charge is 0.237 e. The number of piperazine rings is 1. The van der Waals surface area contributed by atoms with E-state index in [-0.39, 0.29) is 36.4 Å². The van der Waals surface area contributed by atoms with Crippen LogP contribution in [-0.2, 0) is 16.1 Å². The molecule has 0 spiro atoms. The summed E-state index contributed by atoms with van der Waals surface area (Å²) in [6.07, 6.45) is -0.0129. The Bertz CT molecular complexity index is 593. The maximum absolute atomic E-state index is 13.8. The number of carbonyl (C=O) groups excluding carboxylic acids is 2. The minimum Gasteiger partial charge on any atom is -0.354 e. The molecule has 0 unspecified atom stereocenters. The Hall–Kier alpha value is -2.02. The lowest BCUT2D eigenvalue weighted by Crippen LogP contribution is -2.56. The summed E-state index contributed by atoms with van der Waals surface area (Å²) in [5, 5.41) is 5.44.